The molecule has 0 fully saturated rings. The highest BCUT2D eigenvalue weighted by molar-refractivity contribution is 7.18. The molecule has 106 valence electrons. The molecule has 4 nitrogen and oxygen atoms in total. The van der Waals surface area contributed by atoms with E-state index in [1.54, 1.807) is 11.3 Å². The molecule has 21 heavy (non-hydrogen) atoms. The highest BCUT2D eigenvalue weighted by atomic mass is 32.1. The molecule has 0 saturated carbocycles. The average molecular weight is 297 g/mol. The van der Waals surface area contributed by atoms with Crippen molar-refractivity contribution in [1.29, 1.82) is 0 Å². The van der Waals surface area contributed by atoms with Crippen LogP contribution in [-0.4, -0.2) is 9.97 Å². The summed E-state index contributed by atoms with van der Waals surface area (Å²) in [6, 6.07) is 9.84. The first kappa shape index (κ1) is 13.6. The average Bonchev–Trinajstić information content (AvgIpc) is 2.81. The Morgan fingerprint density at radius 1 is 1.24 bits per heavy atom. The predicted molar refractivity (Wildman–Crippen MR) is 87.8 cm³/mol. The Morgan fingerprint density at radius 3 is 2.86 bits per heavy atom. The van der Waals surface area contributed by atoms with Crippen LogP contribution in [0.4, 0.5) is 5.95 Å². The van der Waals surface area contributed by atoms with Crippen molar-refractivity contribution >= 4 is 33.6 Å². The van der Waals surface area contributed by atoms with Crippen LogP contribution in [0.1, 0.15) is 17.4 Å². The number of ether oxygens (including phenoxy) is 1. The number of anilines is 1. The third kappa shape index (κ3) is 2.73. The molecule has 0 spiro atoms. The summed E-state index contributed by atoms with van der Waals surface area (Å²) >= 11 is 1.58. The van der Waals surface area contributed by atoms with Gasteiger partial charge in [-0.2, -0.15) is 4.98 Å². The van der Waals surface area contributed by atoms with E-state index in [-0.39, 0.29) is 5.95 Å². The van der Waals surface area contributed by atoms with Gasteiger partial charge >= 0.3 is 0 Å². The van der Waals surface area contributed by atoms with Crippen LogP contribution in [0.15, 0.2) is 36.4 Å². The van der Waals surface area contributed by atoms with Crippen molar-refractivity contribution in [3.05, 3.63) is 46.8 Å². The maximum absolute atomic E-state index is 5.99. The van der Waals surface area contributed by atoms with Crippen LogP contribution in [0, 0.1) is 6.92 Å². The summed E-state index contributed by atoms with van der Waals surface area (Å²) in [4.78, 5) is 10.5. The number of thiophene rings is 1. The van der Waals surface area contributed by atoms with Crippen LogP contribution < -0.4 is 10.5 Å². The Hall–Kier alpha value is -2.40. The molecule has 3 rings (SSSR count). The van der Waals surface area contributed by atoms with Crippen LogP contribution in [0.5, 0.6) is 11.6 Å². The van der Waals surface area contributed by atoms with E-state index in [1.165, 1.54) is 0 Å². The molecule has 0 atom stereocenters. The smallest absolute Gasteiger partial charge is 0.232 e. The largest absolute Gasteiger partial charge is 0.438 e. The zero-order valence-corrected chi connectivity index (χ0v) is 12.6. The van der Waals surface area contributed by atoms with Gasteiger partial charge in [-0.25, -0.2) is 4.98 Å². The molecule has 1 aromatic carbocycles. The number of hydrogen-bond donors (Lipinski definition) is 1. The lowest BCUT2D eigenvalue weighted by Crippen LogP contribution is -1.97. The molecule has 0 saturated heterocycles. The van der Waals surface area contributed by atoms with Gasteiger partial charge in [-0.1, -0.05) is 30.4 Å². The molecule has 0 aliphatic rings. The van der Waals surface area contributed by atoms with Gasteiger partial charge in [0.2, 0.25) is 11.8 Å². The van der Waals surface area contributed by atoms with Gasteiger partial charge in [-0.3, -0.25) is 0 Å². The number of aryl methyl sites for hydroxylation is 1. The summed E-state index contributed by atoms with van der Waals surface area (Å²) in [5, 5.41) is 0.891. The molecule has 3 aromatic rings. The van der Waals surface area contributed by atoms with Crippen molar-refractivity contribution in [2.24, 2.45) is 0 Å². The third-order valence-corrected chi connectivity index (χ3v) is 3.91. The molecule has 0 unspecified atom stereocenters. The first-order valence-electron chi connectivity index (χ1n) is 6.60. The Labute approximate surface area is 126 Å². The zero-order valence-electron chi connectivity index (χ0n) is 11.8. The van der Waals surface area contributed by atoms with E-state index in [4.69, 9.17) is 10.5 Å². The Balaban J connectivity index is 2.10. The lowest BCUT2D eigenvalue weighted by molar-refractivity contribution is 0.468. The second-order valence-corrected chi connectivity index (χ2v) is 5.84. The SMILES string of the molecule is C/C=C/c1ccccc1Oc1nc(N)nc2sc(C)cc12. The van der Waals surface area contributed by atoms with Gasteiger partial charge in [0.15, 0.2) is 0 Å². The molecule has 2 aromatic heterocycles. The van der Waals surface area contributed by atoms with Gasteiger partial charge in [-0.05, 0) is 26.0 Å². The number of nitrogens with two attached hydrogens (primary N) is 1. The Morgan fingerprint density at radius 2 is 2.05 bits per heavy atom. The van der Waals surface area contributed by atoms with E-state index < -0.39 is 0 Å². The predicted octanol–water partition coefficient (Wildman–Crippen LogP) is 4.41. The number of para-hydroxylation sites is 1. The summed E-state index contributed by atoms with van der Waals surface area (Å²) in [6.45, 7) is 4.00. The highest BCUT2D eigenvalue weighted by Crippen LogP contribution is 2.34. The minimum Gasteiger partial charge on any atom is -0.438 e. The van der Waals surface area contributed by atoms with Gasteiger partial charge in [0.1, 0.15) is 10.6 Å². The Bertz CT molecular complexity index is 824. The topological polar surface area (TPSA) is 61.0 Å². The van der Waals surface area contributed by atoms with E-state index in [0.29, 0.717) is 5.88 Å². The molecule has 2 heterocycles. The molecule has 2 N–H and O–H groups in total. The van der Waals surface area contributed by atoms with E-state index in [0.717, 1.165) is 26.4 Å². The maximum atomic E-state index is 5.99. The summed E-state index contributed by atoms with van der Waals surface area (Å²) < 4.78 is 5.99. The minimum absolute atomic E-state index is 0.225. The fraction of sp³-hybridized carbons (Fsp3) is 0.125. The van der Waals surface area contributed by atoms with E-state index in [9.17, 15) is 0 Å². The van der Waals surface area contributed by atoms with E-state index in [2.05, 4.69) is 9.97 Å². The van der Waals surface area contributed by atoms with Crippen LogP contribution >= 0.6 is 11.3 Å². The molecule has 5 heteroatoms. The minimum atomic E-state index is 0.225. The van der Waals surface area contributed by atoms with Crippen LogP contribution in [-0.2, 0) is 0 Å². The molecule has 0 amide bonds. The van der Waals surface area contributed by atoms with Crippen molar-refractivity contribution in [3.8, 4) is 11.6 Å². The number of benzene rings is 1. The molecule has 0 bridgehead atoms. The number of allylic oxidation sites excluding steroid dienone is 1. The first-order chi connectivity index (χ1) is 10.2. The quantitative estimate of drug-likeness (QED) is 0.778. The van der Waals surface area contributed by atoms with E-state index >= 15 is 0 Å². The fourth-order valence-electron chi connectivity index (χ4n) is 2.10. The number of rotatable bonds is 3. The van der Waals surface area contributed by atoms with Gasteiger partial charge in [0.05, 0.1) is 5.39 Å². The van der Waals surface area contributed by atoms with Gasteiger partial charge in [0, 0.05) is 10.4 Å². The number of aromatic nitrogens is 2. The van der Waals surface area contributed by atoms with Gasteiger partial charge in [0.25, 0.3) is 0 Å². The third-order valence-electron chi connectivity index (χ3n) is 2.97. The highest BCUT2D eigenvalue weighted by Gasteiger charge is 2.12. The molecule has 0 radical (unpaired) electrons. The standard InChI is InChI=1S/C16H15N3OS/c1-3-6-11-7-4-5-8-13(11)20-14-12-9-10(2)21-15(12)19-16(17)18-14/h3-9H,1-2H3,(H2,17,18,19)/b6-3+. The lowest BCUT2D eigenvalue weighted by atomic mass is 10.2. The maximum Gasteiger partial charge on any atom is 0.232 e. The molecule has 0 aliphatic carbocycles. The normalized spacial score (nSPS) is 11.3. The lowest BCUT2D eigenvalue weighted by Gasteiger charge is -2.09. The van der Waals surface area contributed by atoms with Crippen LogP contribution in [0.2, 0.25) is 0 Å². The first-order valence-corrected chi connectivity index (χ1v) is 7.42. The summed E-state index contributed by atoms with van der Waals surface area (Å²) in [7, 11) is 0. The summed E-state index contributed by atoms with van der Waals surface area (Å²) in [5.41, 5.74) is 6.77. The second-order valence-electron chi connectivity index (χ2n) is 4.60. The van der Waals surface area contributed by atoms with Crippen molar-refractivity contribution in [2.75, 3.05) is 5.73 Å². The second kappa shape index (κ2) is 5.54. The Kier molecular flexibility index (Phi) is 3.58. The van der Waals surface area contributed by atoms with Crippen molar-refractivity contribution in [2.45, 2.75) is 13.8 Å². The molecular weight excluding hydrogens is 282 g/mol. The molecular formula is C16H15N3OS. The van der Waals surface area contributed by atoms with E-state index in [1.807, 2.05) is 56.3 Å². The number of nitrogen functional groups attached to an aromatic ring is 1. The number of nitrogens with zero attached hydrogens (tertiary/aromatic N) is 2. The van der Waals surface area contributed by atoms with Crippen molar-refractivity contribution in [1.82, 2.24) is 9.97 Å². The monoisotopic (exact) mass is 297 g/mol. The zero-order chi connectivity index (χ0) is 14.8. The number of fused-ring (bicyclic) bond motifs is 1. The van der Waals surface area contributed by atoms with Crippen LogP contribution in [0.25, 0.3) is 16.3 Å². The number of hydrogen-bond acceptors (Lipinski definition) is 5. The van der Waals surface area contributed by atoms with Crippen LogP contribution in [0.3, 0.4) is 0 Å². The summed E-state index contributed by atoms with van der Waals surface area (Å²) in [5.74, 6) is 1.47. The summed E-state index contributed by atoms with van der Waals surface area (Å²) in [6.07, 6.45) is 3.97. The fourth-order valence-corrected chi connectivity index (χ4v) is 2.98. The van der Waals surface area contributed by atoms with Gasteiger partial charge < -0.3 is 10.5 Å². The van der Waals surface area contributed by atoms with Gasteiger partial charge in [-0.15, -0.1) is 11.3 Å². The van der Waals surface area contributed by atoms with Crippen molar-refractivity contribution in [3.63, 3.8) is 0 Å². The van der Waals surface area contributed by atoms with Crippen molar-refractivity contribution < 1.29 is 4.74 Å². The molecule has 0 aliphatic heterocycles.